The molecular formula is C22H27FN4. The molecule has 0 radical (unpaired) electrons. The van der Waals surface area contributed by atoms with Gasteiger partial charge in [0.25, 0.3) is 0 Å². The van der Waals surface area contributed by atoms with Gasteiger partial charge in [-0.2, -0.15) is 0 Å². The van der Waals surface area contributed by atoms with Gasteiger partial charge >= 0.3 is 0 Å². The van der Waals surface area contributed by atoms with Crippen molar-refractivity contribution < 1.29 is 4.39 Å². The number of para-hydroxylation sites is 2. The van der Waals surface area contributed by atoms with E-state index in [1.165, 1.54) is 25.1 Å². The Balaban J connectivity index is 1.56. The first kappa shape index (κ1) is 18.0. The van der Waals surface area contributed by atoms with Crippen molar-refractivity contribution in [2.24, 2.45) is 0 Å². The second kappa shape index (κ2) is 8.09. The number of hydrogen-bond donors (Lipinski definition) is 1. The van der Waals surface area contributed by atoms with E-state index < -0.39 is 0 Å². The van der Waals surface area contributed by atoms with Gasteiger partial charge in [0.05, 0.1) is 17.6 Å². The van der Waals surface area contributed by atoms with Crippen LogP contribution in [0.15, 0.2) is 48.5 Å². The maximum atomic E-state index is 13.3. The second-order valence-electron chi connectivity index (χ2n) is 7.40. The van der Waals surface area contributed by atoms with Gasteiger partial charge in [0.15, 0.2) is 0 Å². The molecule has 2 aromatic carbocycles. The molecule has 0 amide bonds. The van der Waals surface area contributed by atoms with E-state index >= 15 is 0 Å². The molecule has 0 atom stereocenters. The molecule has 2 heterocycles. The van der Waals surface area contributed by atoms with Crippen molar-refractivity contribution in [1.29, 1.82) is 0 Å². The number of imidazole rings is 1. The summed E-state index contributed by atoms with van der Waals surface area (Å²) in [6, 6.07) is 15.4. The topological polar surface area (TPSA) is 33.1 Å². The predicted octanol–water partition coefficient (Wildman–Crippen LogP) is 4.51. The van der Waals surface area contributed by atoms with E-state index in [1.807, 2.05) is 30.3 Å². The highest BCUT2D eigenvalue weighted by molar-refractivity contribution is 5.78. The molecule has 142 valence electrons. The number of nitrogens with zero attached hydrogens (tertiary/aromatic N) is 3. The molecular weight excluding hydrogens is 339 g/mol. The summed E-state index contributed by atoms with van der Waals surface area (Å²) in [6.45, 7) is 6.39. The van der Waals surface area contributed by atoms with Gasteiger partial charge in [-0.3, -0.25) is 0 Å². The maximum absolute atomic E-state index is 13.3. The molecule has 4 nitrogen and oxygen atoms in total. The lowest BCUT2D eigenvalue weighted by Gasteiger charge is -2.32. The van der Waals surface area contributed by atoms with Crippen molar-refractivity contribution in [3.63, 3.8) is 0 Å². The number of likely N-dealkylation sites (tertiary alicyclic amines) is 1. The number of halogens is 1. The fourth-order valence-electron chi connectivity index (χ4n) is 3.92. The van der Waals surface area contributed by atoms with E-state index in [2.05, 4.69) is 27.8 Å². The van der Waals surface area contributed by atoms with Gasteiger partial charge < -0.3 is 14.8 Å². The molecule has 0 aliphatic carbocycles. The zero-order valence-corrected chi connectivity index (χ0v) is 15.9. The molecule has 27 heavy (non-hydrogen) atoms. The zero-order chi connectivity index (χ0) is 18.6. The van der Waals surface area contributed by atoms with Crippen LogP contribution in [0.2, 0.25) is 0 Å². The quantitative estimate of drug-likeness (QED) is 0.697. The van der Waals surface area contributed by atoms with Gasteiger partial charge in [0.2, 0.25) is 5.95 Å². The minimum atomic E-state index is -0.202. The van der Waals surface area contributed by atoms with Crippen molar-refractivity contribution in [3.05, 3.63) is 59.9 Å². The third-order valence-corrected chi connectivity index (χ3v) is 5.37. The molecule has 1 aliphatic rings. The number of hydrogen-bond acceptors (Lipinski definition) is 3. The first-order chi connectivity index (χ1) is 13.2. The van der Waals surface area contributed by atoms with Gasteiger partial charge in [-0.1, -0.05) is 31.2 Å². The number of nitrogens with one attached hydrogen (secondary N) is 1. The molecule has 5 heteroatoms. The van der Waals surface area contributed by atoms with Crippen LogP contribution in [-0.4, -0.2) is 40.1 Å². The van der Waals surface area contributed by atoms with Crippen molar-refractivity contribution in [3.8, 4) is 0 Å². The Labute approximate surface area is 160 Å². The van der Waals surface area contributed by atoms with E-state index in [0.29, 0.717) is 12.6 Å². The van der Waals surface area contributed by atoms with Crippen LogP contribution in [-0.2, 0) is 6.54 Å². The van der Waals surface area contributed by atoms with Crippen LogP contribution in [0.25, 0.3) is 11.0 Å². The van der Waals surface area contributed by atoms with Gasteiger partial charge in [-0.05, 0) is 55.6 Å². The predicted molar refractivity (Wildman–Crippen MR) is 109 cm³/mol. The Morgan fingerprint density at radius 3 is 2.56 bits per heavy atom. The maximum Gasteiger partial charge on any atom is 0.204 e. The number of rotatable bonds is 6. The largest absolute Gasteiger partial charge is 0.353 e. The van der Waals surface area contributed by atoms with Crippen molar-refractivity contribution in [2.45, 2.75) is 38.8 Å². The lowest BCUT2D eigenvalue weighted by Crippen LogP contribution is -2.39. The monoisotopic (exact) mass is 366 g/mol. The number of anilines is 1. The van der Waals surface area contributed by atoms with Crippen molar-refractivity contribution >= 4 is 17.0 Å². The molecule has 0 saturated carbocycles. The normalized spacial score (nSPS) is 16.1. The third kappa shape index (κ3) is 4.14. The molecule has 1 fully saturated rings. The molecule has 0 unspecified atom stereocenters. The summed E-state index contributed by atoms with van der Waals surface area (Å²) < 4.78 is 15.5. The first-order valence-corrected chi connectivity index (χ1v) is 9.91. The van der Waals surface area contributed by atoms with E-state index in [0.717, 1.165) is 48.5 Å². The fraction of sp³-hybridized carbons (Fsp3) is 0.409. The molecule has 0 spiro atoms. The summed E-state index contributed by atoms with van der Waals surface area (Å²) in [6.07, 6.45) is 3.49. The third-order valence-electron chi connectivity index (χ3n) is 5.37. The Hall–Kier alpha value is -2.40. The van der Waals surface area contributed by atoms with Crippen LogP contribution in [0.4, 0.5) is 10.3 Å². The fourth-order valence-corrected chi connectivity index (χ4v) is 3.92. The Morgan fingerprint density at radius 2 is 1.81 bits per heavy atom. The summed E-state index contributed by atoms with van der Waals surface area (Å²) in [4.78, 5) is 7.38. The summed E-state index contributed by atoms with van der Waals surface area (Å²) in [5, 5.41) is 3.68. The first-order valence-electron chi connectivity index (χ1n) is 9.91. The molecule has 0 bridgehead atoms. The lowest BCUT2D eigenvalue weighted by atomic mass is 10.1. The van der Waals surface area contributed by atoms with Crippen LogP contribution in [0.5, 0.6) is 0 Å². The van der Waals surface area contributed by atoms with Crippen LogP contribution < -0.4 is 5.32 Å². The average molecular weight is 366 g/mol. The average Bonchev–Trinajstić information content (AvgIpc) is 3.02. The highest BCUT2D eigenvalue weighted by Crippen LogP contribution is 2.24. The highest BCUT2D eigenvalue weighted by atomic mass is 19.1. The molecule has 1 aromatic heterocycles. The molecule has 1 aliphatic heterocycles. The van der Waals surface area contributed by atoms with E-state index in [-0.39, 0.29) is 5.82 Å². The number of benzene rings is 2. The standard InChI is InChI=1S/C22H27FN4/c1-2-13-26-14-11-19(12-15-26)24-22-25-20-5-3-4-6-21(20)27(22)16-17-7-9-18(23)10-8-17/h3-10,19H,2,11-16H2,1H3,(H,24,25). The van der Waals surface area contributed by atoms with Crippen LogP contribution in [0.3, 0.4) is 0 Å². The highest BCUT2D eigenvalue weighted by Gasteiger charge is 2.21. The van der Waals surface area contributed by atoms with Gasteiger partial charge in [-0.15, -0.1) is 0 Å². The van der Waals surface area contributed by atoms with E-state index in [4.69, 9.17) is 4.98 Å². The van der Waals surface area contributed by atoms with Crippen molar-refractivity contribution in [2.75, 3.05) is 25.0 Å². The molecule has 1 N–H and O–H groups in total. The minimum Gasteiger partial charge on any atom is -0.353 e. The Bertz CT molecular complexity index is 879. The summed E-state index contributed by atoms with van der Waals surface area (Å²) in [7, 11) is 0. The van der Waals surface area contributed by atoms with Gasteiger partial charge in [0, 0.05) is 19.1 Å². The van der Waals surface area contributed by atoms with Crippen LogP contribution >= 0.6 is 0 Å². The van der Waals surface area contributed by atoms with Gasteiger partial charge in [-0.25, -0.2) is 9.37 Å². The number of piperidine rings is 1. The van der Waals surface area contributed by atoms with Gasteiger partial charge in [0.1, 0.15) is 5.82 Å². The smallest absolute Gasteiger partial charge is 0.204 e. The van der Waals surface area contributed by atoms with Crippen molar-refractivity contribution in [1.82, 2.24) is 14.5 Å². The zero-order valence-electron chi connectivity index (χ0n) is 15.9. The lowest BCUT2D eigenvalue weighted by molar-refractivity contribution is 0.219. The minimum absolute atomic E-state index is 0.202. The van der Waals surface area contributed by atoms with Crippen LogP contribution in [0.1, 0.15) is 31.7 Å². The van der Waals surface area contributed by atoms with E-state index in [9.17, 15) is 4.39 Å². The van der Waals surface area contributed by atoms with Crippen LogP contribution in [0, 0.1) is 5.82 Å². The number of aromatic nitrogens is 2. The summed E-state index contributed by atoms with van der Waals surface area (Å²) >= 11 is 0. The second-order valence-corrected chi connectivity index (χ2v) is 7.40. The SMILES string of the molecule is CCCN1CCC(Nc2nc3ccccc3n2Cc2ccc(F)cc2)CC1. The summed E-state index contributed by atoms with van der Waals surface area (Å²) in [5.74, 6) is 0.709. The molecule has 1 saturated heterocycles. The Kier molecular flexibility index (Phi) is 5.39. The van der Waals surface area contributed by atoms with E-state index in [1.54, 1.807) is 0 Å². The molecule has 3 aromatic rings. The molecule has 4 rings (SSSR count). The number of fused-ring (bicyclic) bond motifs is 1. The summed E-state index contributed by atoms with van der Waals surface area (Å²) in [5.41, 5.74) is 3.17. The Morgan fingerprint density at radius 1 is 1.07 bits per heavy atom.